The van der Waals surface area contributed by atoms with E-state index >= 15 is 0 Å². The standard InChI is InChI=1S/C14H18O2/c1-15-12-6-5-7-13-11(12)10-14(16-13)8-3-2-4-9-14/h5-7H,2-4,8-10H2,1H3. The number of methoxy groups -OCH3 is 1. The average Bonchev–Trinajstić information content (AvgIpc) is 2.67. The molecule has 0 bridgehead atoms. The molecule has 16 heavy (non-hydrogen) atoms. The molecule has 1 aliphatic carbocycles. The van der Waals surface area contributed by atoms with E-state index < -0.39 is 0 Å². The summed E-state index contributed by atoms with van der Waals surface area (Å²) in [5.41, 5.74) is 1.36. The number of ether oxygens (including phenoxy) is 2. The Labute approximate surface area is 96.6 Å². The molecule has 1 spiro atoms. The second-order valence-electron chi connectivity index (χ2n) is 4.96. The van der Waals surface area contributed by atoms with Crippen LogP contribution in [0, 0.1) is 0 Å². The first-order valence-electron chi connectivity index (χ1n) is 6.18. The van der Waals surface area contributed by atoms with Gasteiger partial charge in [0.25, 0.3) is 0 Å². The van der Waals surface area contributed by atoms with Crippen molar-refractivity contribution in [1.82, 2.24) is 0 Å². The molecule has 0 atom stereocenters. The van der Waals surface area contributed by atoms with Gasteiger partial charge in [-0.2, -0.15) is 0 Å². The molecule has 0 radical (unpaired) electrons. The van der Waals surface area contributed by atoms with E-state index in [1.54, 1.807) is 7.11 Å². The van der Waals surface area contributed by atoms with Gasteiger partial charge in [0.15, 0.2) is 0 Å². The van der Waals surface area contributed by atoms with E-state index in [4.69, 9.17) is 9.47 Å². The van der Waals surface area contributed by atoms with Crippen LogP contribution in [0.2, 0.25) is 0 Å². The summed E-state index contributed by atoms with van der Waals surface area (Å²) in [5, 5.41) is 0. The molecule has 2 aliphatic rings. The summed E-state index contributed by atoms with van der Waals surface area (Å²) in [6, 6.07) is 6.12. The van der Waals surface area contributed by atoms with Gasteiger partial charge in [0.1, 0.15) is 17.1 Å². The zero-order valence-electron chi connectivity index (χ0n) is 9.79. The number of hydrogen-bond donors (Lipinski definition) is 0. The molecule has 1 aromatic carbocycles. The number of benzene rings is 1. The average molecular weight is 218 g/mol. The minimum Gasteiger partial charge on any atom is -0.496 e. The quantitative estimate of drug-likeness (QED) is 0.719. The monoisotopic (exact) mass is 218 g/mol. The van der Waals surface area contributed by atoms with Crippen molar-refractivity contribution in [1.29, 1.82) is 0 Å². The second kappa shape index (κ2) is 3.69. The predicted octanol–water partition coefficient (Wildman–Crippen LogP) is 3.33. The maximum Gasteiger partial charge on any atom is 0.127 e. The van der Waals surface area contributed by atoms with E-state index in [2.05, 4.69) is 6.07 Å². The fourth-order valence-corrected chi connectivity index (χ4v) is 3.07. The van der Waals surface area contributed by atoms with Gasteiger partial charge in [-0.3, -0.25) is 0 Å². The molecule has 1 saturated carbocycles. The van der Waals surface area contributed by atoms with E-state index in [0.717, 1.165) is 17.9 Å². The first kappa shape index (κ1) is 10.0. The molecule has 0 saturated heterocycles. The van der Waals surface area contributed by atoms with Crippen LogP contribution >= 0.6 is 0 Å². The first-order chi connectivity index (χ1) is 7.83. The molecule has 1 fully saturated rings. The summed E-state index contributed by atoms with van der Waals surface area (Å²) >= 11 is 0. The van der Waals surface area contributed by atoms with E-state index in [1.165, 1.54) is 37.7 Å². The lowest BCUT2D eigenvalue weighted by Gasteiger charge is -2.32. The molecule has 3 rings (SSSR count). The van der Waals surface area contributed by atoms with Crippen molar-refractivity contribution < 1.29 is 9.47 Å². The number of hydrogen-bond acceptors (Lipinski definition) is 2. The van der Waals surface area contributed by atoms with Crippen LogP contribution in [0.4, 0.5) is 0 Å². The van der Waals surface area contributed by atoms with E-state index in [1.807, 2.05) is 12.1 Å². The van der Waals surface area contributed by atoms with Gasteiger partial charge in [0.05, 0.1) is 7.11 Å². The maximum atomic E-state index is 6.20. The van der Waals surface area contributed by atoms with Crippen molar-refractivity contribution in [3.05, 3.63) is 23.8 Å². The highest BCUT2D eigenvalue weighted by atomic mass is 16.5. The van der Waals surface area contributed by atoms with Gasteiger partial charge in [0.2, 0.25) is 0 Å². The van der Waals surface area contributed by atoms with Crippen LogP contribution in [-0.4, -0.2) is 12.7 Å². The Morgan fingerprint density at radius 2 is 2.00 bits per heavy atom. The summed E-state index contributed by atoms with van der Waals surface area (Å²) < 4.78 is 11.6. The Morgan fingerprint density at radius 3 is 2.75 bits per heavy atom. The van der Waals surface area contributed by atoms with Crippen molar-refractivity contribution in [3.8, 4) is 11.5 Å². The normalized spacial score (nSPS) is 21.6. The number of rotatable bonds is 1. The molecule has 0 amide bonds. The minimum absolute atomic E-state index is 0.0925. The lowest BCUT2D eigenvalue weighted by Crippen LogP contribution is -2.36. The summed E-state index contributed by atoms with van der Waals surface area (Å²) in [4.78, 5) is 0. The molecular weight excluding hydrogens is 200 g/mol. The maximum absolute atomic E-state index is 6.20. The summed E-state index contributed by atoms with van der Waals surface area (Å²) in [6.07, 6.45) is 7.40. The van der Waals surface area contributed by atoms with Crippen molar-refractivity contribution in [3.63, 3.8) is 0 Å². The van der Waals surface area contributed by atoms with Crippen molar-refractivity contribution >= 4 is 0 Å². The van der Waals surface area contributed by atoms with E-state index in [0.29, 0.717) is 0 Å². The van der Waals surface area contributed by atoms with Crippen molar-refractivity contribution in [2.24, 2.45) is 0 Å². The third-order valence-electron chi connectivity index (χ3n) is 3.90. The largest absolute Gasteiger partial charge is 0.496 e. The Bertz CT molecular complexity index is 392. The van der Waals surface area contributed by atoms with Crippen LogP contribution in [-0.2, 0) is 6.42 Å². The molecule has 0 aromatic heterocycles. The van der Waals surface area contributed by atoms with Gasteiger partial charge in [-0.15, -0.1) is 0 Å². The number of fused-ring (bicyclic) bond motifs is 1. The van der Waals surface area contributed by atoms with Crippen molar-refractivity contribution in [2.75, 3.05) is 7.11 Å². The van der Waals surface area contributed by atoms with Crippen LogP contribution in [0.25, 0.3) is 0 Å². The molecule has 1 aromatic rings. The van der Waals surface area contributed by atoms with Crippen LogP contribution in [0.3, 0.4) is 0 Å². The summed E-state index contributed by atoms with van der Waals surface area (Å²) in [6.45, 7) is 0. The van der Waals surface area contributed by atoms with Gasteiger partial charge in [0, 0.05) is 12.0 Å². The van der Waals surface area contributed by atoms with Gasteiger partial charge < -0.3 is 9.47 Å². The second-order valence-corrected chi connectivity index (χ2v) is 4.96. The molecule has 1 heterocycles. The zero-order valence-corrected chi connectivity index (χ0v) is 9.79. The van der Waals surface area contributed by atoms with Gasteiger partial charge in [-0.1, -0.05) is 12.5 Å². The highest BCUT2D eigenvalue weighted by Crippen LogP contribution is 2.46. The predicted molar refractivity (Wildman–Crippen MR) is 63.1 cm³/mol. The summed E-state index contributed by atoms with van der Waals surface area (Å²) in [7, 11) is 1.74. The minimum atomic E-state index is 0.0925. The van der Waals surface area contributed by atoms with Gasteiger partial charge in [-0.05, 0) is 37.8 Å². The Balaban J connectivity index is 1.93. The zero-order chi connectivity index (χ0) is 11.0. The molecular formula is C14H18O2. The highest BCUT2D eigenvalue weighted by Gasteiger charge is 2.41. The molecule has 2 heteroatoms. The Hall–Kier alpha value is -1.18. The van der Waals surface area contributed by atoms with Gasteiger partial charge in [-0.25, -0.2) is 0 Å². The fraction of sp³-hybridized carbons (Fsp3) is 0.571. The van der Waals surface area contributed by atoms with E-state index in [-0.39, 0.29) is 5.60 Å². The lowest BCUT2D eigenvalue weighted by atomic mass is 9.82. The highest BCUT2D eigenvalue weighted by molar-refractivity contribution is 5.49. The van der Waals surface area contributed by atoms with Gasteiger partial charge >= 0.3 is 0 Å². The van der Waals surface area contributed by atoms with Crippen molar-refractivity contribution in [2.45, 2.75) is 44.1 Å². The van der Waals surface area contributed by atoms with Crippen LogP contribution in [0.1, 0.15) is 37.7 Å². The van der Waals surface area contributed by atoms with E-state index in [9.17, 15) is 0 Å². The van der Waals surface area contributed by atoms with Crippen LogP contribution in [0.5, 0.6) is 11.5 Å². The Morgan fingerprint density at radius 1 is 1.19 bits per heavy atom. The fourth-order valence-electron chi connectivity index (χ4n) is 3.07. The molecule has 2 nitrogen and oxygen atoms in total. The van der Waals surface area contributed by atoms with Crippen LogP contribution in [0.15, 0.2) is 18.2 Å². The molecule has 0 unspecified atom stereocenters. The third kappa shape index (κ3) is 1.48. The Kier molecular flexibility index (Phi) is 2.31. The summed E-state index contributed by atoms with van der Waals surface area (Å²) in [5.74, 6) is 2.03. The lowest BCUT2D eigenvalue weighted by molar-refractivity contribution is 0.0528. The smallest absolute Gasteiger partial charge is 0.127 e. The first-order valence-corrected chi connectivity index (χ1v) is 6.18. The third-order valence-corrected chi connectivity index (χ3v) is 3.90. The SMILES string of the molecule is COc1cccc2c1CC1(CCCCC1)O2. The molecule has 86 valence electrons. The van der Waals surface area contributed by atoms with Crippen LogP contribution < -0.4 is 9.47 Å². The molecule has 1 aliphatic heterocycles. The molecule has 0 N–H and O–H groups in total. The topological polar surface area (TPSA) is 18.5 Å².